The molecule has 2 rings (SSSR count). The Balaban J connectivity index is 1.98. The van der Waals surface area contributed by atoms with Gasteiger partial charge in [-0.15, -0.1) is 0 Å². The molecule has 0 radical (unpaired) electrons. The first-order valence-corrected chi connectivity index (χ1v) is 7.84. The van der Waals surface area contributed by atoms with Gasteiger partial charge in [0.2, 0.25) is 5.75 Å². The van der Waals surface area contributed by atoms with Gasteiger partial charge in [0.05, 0.1) is 11.1 Å². The van der Waals surface area contributed by atoms with Gasteiger partial charge in [0.1, 0.15) is 5.75 Å². The first-order chi connectivity index (χ1) is 12.3. The second kappa shape index (κ2) is 8.30. The molecule has 0 spiro atoms. The summed E-state index contributed by atoms with van der Waals surface area (Å²) in [4.78, 5) is 21.8. The van der Waals surface area contributed by atoms with E-state index in [0.717, 1.165) is 23.4 Å². The molecule has 0 aliphatic rings. The van der Waals surface area contributed by atoms with Crippen molar-refractivity contribution in [2.75, 3.05) is 6.61 Å². The van der Waals surface area contributed by atoms with E-state index in [0.29, 0.717) is 5.75 Å². The Morgan fingerprint density at radius 1 is 1.38 bits per heavy atom. The highest BCUT2D eigenvalue weighted by molar-refractivity contribution is 6.31. The Morgan fingerprint density at radius 3 is 2.77 bits per heavy atom. The number of hydrazone groups is 1. The Labute approximate surface area is 154 Å². The van der Waals surface area contributed by atoms with Crippen LogP contribution < -0.4 is 10.2 Å². The van der Waals surface area contributed by atoms with Crippen LogP contribution in [0.1, 0.15) is 16.7 Å². The maximum Gasteiger partial charge on any atom is 0.312 e. The molecular formula is C17H16ClN3O5. The molecule has 2 N–H and O–H groups in total. The van der Waals surface area contributed by atoms with E-state index < -0.39 is 22.3 Å². The smallest absolute Gasteiger partial charge is 0.312 e. The summed E-state index contributed by atoms with van der Waals surface area (Å²) in [7, 11) is 0. The van der Waals surface area contributed by atoms with Crippen LogP contribution >= 0.6 is 11.6 Å². The molecule has 0 saturated carbocycles. The Kier molecular flexibility index (Phi) is 6.13. The van der Waals surface area contributed by atoms with Crippen LogP contribution in [0, 0.1) is 24.0 Å². The van der Waals surface area contributed by atoms with Gasteiger partial charge >= 0.3 is 5.69 Å². The summed E-state index contributed by atoms with van der Waals surface area (Å²) in [5.41, 5.74) is 3.64. The van der Waals surface area contributed by atoms with Gasteiger partial charge in [0.15, 0.2) is 6.61 Å². The van der Waals surface area contributed by atoms with E-state index in [1.807, 2.05) is 26.0 Å². The first kappa shape index (κ1) is 19.2. The van der Waals surface area contributed by atoms with Gasteiger partial charge in [-0.25, -0.2) is 5.43 Å². The van der Waals surface area contributed by atoms with E-state index in [1.165, 1.54) is 6.07 Å². The number of nitrogens with one attached hydrogen (secondary N) is 1. The van der Waals surface area contributed by atoms with Crippen molar-refractivity contribution in [3.8, 4) is 11.5 Å². The van der Waals surface area contributed by atoms with Crippen LogP contribution in [0.3, 0.4) is 0 Å². The largest absolute Gasteiger partial charge is 0.502 e. The molecule has 0 saturated heterocycles. The number of hydrogen-bond donors (Lipinski definition) is 2. The van der Waals surface area contributed by atoms with Crippen LogP contribution in [0.25, 0.3) is 0 Å². The second-order valence-corrected chi connectivity index (χ2v) is 5.91. The number of benzene rings is 2. The van der Waals surface area contributed by atoms with Crippen LogP contribution in [0.4, 0.5) is 5.69 Å². The van der Waals surface area contributed by atoms with Crippen molar-refractivity contribution >= 4 is 29.4 Å². The minimum atomic E-state index is -0.769. The number of hydrogen-bond acceptors (Lipinski definition) is 6. The van der Waals surface area contributed by atoms with Gasteiger partial charge in [-0.3, -0.25) is 14.9 Å². The van der Waals surface area contributed by atoms with E-state index in [1.54, 1.807) is 6.07 Å². The number of halogens is 1. The summed E-state index contributed by atoms with van der Waals surface area (Å²) in [6, 6.07) is 7.87. The number of aromatic hydroxyl groups is 1. The Hall–Kier alpha value is -3.13. The third-order valence-electron chi connectivity index (χ3n) is 3.36. The van der Waals surface area contributed by atoms with Crippen LogP contribution in [-0.4, -0.2) is 28.8 Å². The van der Waals surface area contributed by atoms with Crippen molar-refractivity contribution in [2.45, 2.75) is 13.8 Å². The topological polar surface area (TPSA) is 114 Å². The van der Waals surface area contributed by atoms with Crippen molar-refractivity contribution in [2.24, 2.45) is 5.10 Å². The summed E-state index contributed by atoms with van der Waals surface area (Å²) in [6.45, 7) is 3.56. The molecule has 0 aliphatic carbocycles. The fraction of sp³-hybridized carbons (Fsp3) is 0.176. The van der Waals surface area contributed by atoms with E-state index in [9.17, 15) is 20.0 Å². The average molecular weight is 378 g/mol. The number of phenols is 1. The normalized spacial score (nSPS) is 10.7. The number of nitro benzene ring substituents is 1. The number of aryl methyl sites for hydroxylation is 2. The molecular weight excluding hydrogens is 362 g/mol. The maximum atomic E-state index is 11.8. The van der Waals surface area contributed by atoms with Crippen LogP contribution in [0.5, 0.6) is 11.5 Å². The first-order valence-electron chi connectivity index (χ1n) is 7.47. The lowest BCUT2D eigenvalue weighted by molar-refractivity contribution is -0.385. The van der Waals surface area contributed by atoms with Crippen LogP contribution in [0.15, 0.2) is 35.4 Å². The standard InChI is InChI=1S/C17H16ClN3O5/c1-10-3-4-15(11(2)5-10)26-9-16(22)20-19-8-12-6-13(18)7-14(17(12)23)21(24)25/h3-8,23H,9H2,1-2H3,(H,20,22). The van der Waals surface area contributed by atoms with E-state index in [2.05, 4.69) is 10.5 Å². The average Bonchev–Trinajstić information content (AvgIpc) is 2.56. The van der Waals surface area contributed by atoms with Gasteiger partial charge < -0.3 is 9.84 Å². The molecule has 2 aromatic rings. The van der Waals surface area contributed by atoms with Crippen molar-refractivity contribution in [3.63, 3.8) is 0 Å². The minimum absolute atomic E-state index is 0.000188. The fourth-order valence-corrected chi connectivity index (χ4v) is 2.37. The van der Waals surface area contributed by atoms with Gasteiger partial charge in [-0.1, -0.05) is 29.3 Å². The number of nitro groups is 1. The molecule has 2 aromatic carbocycles. The molecule has 0 bridgehead atoms. The van der Waals surface area contributed by atoms with Crippen molar-refractivity contribution in [3.05, 3.63) is 62.2 Å². The van der Waals surface area contributed by atoms with Crippen molar-refractivity contribution < 1.29 is 19.6 Å². The lowest BCUT2D eigenvalue weighted by atomic mass is 10.1. The Bertz CT molecular complexity index is 883. The molecule has 0 unspecified atom stereocenters. The van der Waals surface area contributed by atoms with E-state index in [-0.39, 0.29) is 17.2 Å². The zero-order chi connectivity index (χ0) is 19.3. The molecule has 8 nitrogen and oxygen atoms in total. The van der Waals surface area contributed by atoms with E-state index >= 15 is 0 Å². The number of carbonyl (C=O) groups is 1. The summed E-state index contributed by atoms with van der Waals surface area (Å²) >= 11 is 5.77. The Morgan fingerprint density at radius 2 is 2.12 bits per heavy atom. The molecule has 0 fully saturated rings. The maximum absolute atomic E-state index is 11.8. The summed E-state index contributed by atoms with van der Waals surface area (Å²) in [6.07, 6.45) is 1.06. The highest BCUT2D eigenvalue weighted by Gasteiger charge is 2.17. The zero-order valence-corrected chi connectivity index (χ0v) is 14.8. The third-order valence-corrected chi connectivity index (χ3v) is 3.58. The zero-order valence-electron chi connectivity index (χ0n) is 14.0. The molecule has 26 heavy (non-hydrogen) atoms. The van der Waals surface area contributed by atoms with Gasteiger partial charge in [0, 0.05) is 16.7 Å². The predicted molar refractivity (Wildman–Crippen MR) is 96.9 cm³/mol. The third kappa shape index (κ3) is 4.93. The number of nitrogens with zero attached hydrogens (tertiary/aromatic N) is 2. The lowest BCUT2D eigenvalue weighted by Gasteiger charge is -2.08. The number of rotatable bonds is 6. The molecule has 9 heteroatoms. The predicted octanol–water partition coefficient (Wildman–Crippen LogP) is 3.10. The highest BCUT2D eigenvalue weighted by Crippen LogP contribution is 2.32. The van der Waals surface area contributed by atoms with Crippen LogP contribution in [-0.2, 0) is 4.79 Å². The van der Waals surface area contributed by atoms with Gasteiger partial charge in [-0.05, 0) is 31.5 Å². The van der Waals surface area contributed by atoms with Crippen molar-refractivity contribution in [1.29, 1.82) is 0 Å². The number of amides is 1. The summed E-state index contributed by atoms with van der Waals surface area (Å²) < 4.78 is 5.40. The second-order valence-electron chi connectivity index (χ2n) is 5.47. The number of ether oxygens (including phenoxy) is 1. The minimum Gasteiger partial charge on any atom is -0.502 e. The lowest BCUT2D eigenvalue weighted by Crippen LogP contribution is -2.24. The van der Waals surface area contributed by atoms with Gasteiger partial charge in [0.25, 0.3) is 5.91 Å². The SMILES string of the molecule is Cc1ccc(OCC(=O)NN=Cc2cc(Cl)cc([N+](=O)[O-])c2O)c(C)c1. The molecule has 136 valence electrons. The molecule has 1 amide bonds. The molecule has 0 aromatic heterocycles. The number of carbonyl (C=O) groups excluding carboxylic acids is 1. The summed E-state index contributed by atoms with van der Waals surface area (Å²) in [5.74, 6) is -0.543. The van der Waals surface area contributed by atoms with E-state index in [4.69, 9.17) is 16.3 Å². The van der Waals surface area contributed by atoms with Crippen molar-refractivity contribution in [1.82, 2.24) is 5.43 Å². The number of phenolic OH excluding ortho intramolecular Hbond substituents is 1. The highest BCUT2D eigenvalue weighted by atomic mass is 35.5. The molecule has 0 heterocycles. The summed E-state index contributed by atoms with van der Waals surface area (Å²) in [5, 5.41) is 24.4. The van der Waals surface area contributed by atoms with Gasteiger partial charge in [-0.2, -0.15) is 5.10 Å². The molecule has 0 atom stereocenters. The quantitative estimate of drug-likeness (QED) is 0.456. The van der Waals surface area contributed by atoms with Crippen LogP contribution in [0.2, 0.25) is 5.02 Å². The molecule has 0 aliphatic heterocycles. The fourth-order valence-electron chi connectivity index (χ4n) is 2.15. The monoisotopic (exact) mass is 377 g/mol.